The molecule has 5 unspecified atom stereocenters. The molecule has 1 saturated heterocycles. The number of guanidine groups is 1. The molecule has 5 atom stereocenters. The number of morpholine rings is 1. The van der Waals surface area contributed by atoms with Gasteiger partial charge in [-0.15, -0.1) is 0 Å². The van der Waals surface area contributed by atoms with Crippen LogP contribution in [0, 0.1) is 11.3 Å². The fourth-order valence-electron chi connectivity index (χ4n) is 9.01. The molecule has 0 spiro atoms. The highest BCUT2D eigenvalue weighted by Gasteiger charge is 2.33. The zero-order valence-electron chi connectivity index (χ0n) is 39.3. The van der Waals surface area contributed by atoms with Gasteiger partial charge in [0.15, 0.2) is 5.96 Å². The predicted octanol–water partition coefficient (Wildman–Crippen LogP) is 3.54. The largest absolute Gasteiger partial charge is 0.508 e. The molecule has 0 bridgehead atoms. The maximum absolute atomic E-state index is 14.7. The Balaban J connectivity index is 1.10. The Morgan fingerprint density at radius 2 is 1.49 bits per heavy atom. The minimum atomic E-state index is -1.23. The van der Waals surface area contributed by atoms with Crippen LogP contribution in [-0.2, 0) is 41.6 Å². The zero-order valence-corrected chi connectivity index (χ0v) is 39.3. The number of rotatable bonds is 21. The summed E-state index contributed by atoms with van der Waals surface area (Å²) in [6.07, 6.45) is 5.55. The molecule has 7 rings (SSSR count). The number of phenolic OH excluding ortho intramolecular Hbond substituents is 1. The number of ether oxygens (including phenoxy) is 1. The third-order valence-corrected chi connectivity index (χ3v) is 12.8. The van der Waals surface area contributed by atoms with E-state index in [1.54, 1.807) is 36.5 Å². The van der Waals surface area contributed by atoms with Gasteiger partial charge in [-0.25, -0.2) is 0 Å². The van der Waals surface area contributed by atoms with Crippen LogP contribution >= 0.6 is 0 Å². The lowest BCUT2D eigenvalue weighted by Gasteiger charge is -2.29. The first-order valence-electron chi connectivity index (χ1n) is 24.1. The number of nitrogens with two attached hydrogens (primary N) is 2. The molecule has 2 heterocycles. The molecule has 1 aromatic heterocycles. The van der Waals surface area contributed by atoms with Gasteiger partial charge in [0.2, 0.25) is 29.5 Å². The van der Waals surface area contributed by atoms with Crippen molar-refractivity contribution < 1.29 is 33.8 Å². The van der Waals surface area contributed by atoms with Gasteiger partial charge >= 0.3 is 0 Å². The van der Waals surface area contributed by atoms with E-state index in [0.717, 1.165) is 53.8 Å². The number of amides is 5. The van der Waals surface area contributed by atoms with Crippen molar-refractivity contribution in [3.05, 3.63) is 114 Å². The van der Waals surface area contributed by atoms with E-state index in [1.807, 2.05) is 66.7 Å². The molecule has 2 aliphatic rings. The third kappa shape index (κ3) is 14.5. The van der Waals surface area contributed by atoms with E-state index in [1.165, 1.54) is 0 Å². The highest BCUT2D eigenvalue weighted by atomic mass is 16.5. The van der Waals surface area contributed by atoms with Crippen LogP contribution in [0.5, 0.6) is 5.75 Å². The number of fused-ring (bicyclic) bond motifs is 1. The molecular weight excluding hydrogens is 891 g/mol. The molecule has 5 aromatic rings. The molecule has 70 heavy (non-hydrogen) atoms. The number of aromatic hydroxyl groups is 1. The normalized spacial score (nSPS) is 17.1. The molecule has 1 aliphatic carbocycles. The van der Waals surface area contributed by atoms with Crippen molar-refractivity contribution in [1.29, 1.82) is 5.41 Å². The van der Waals surface area contributed by atoms with Crippen molar-refractivity contribution in [1.82, 2.24) is 31.6 Å². The van der Waals surface area contributed by atoms with Gasteiger partial charge in [-0.3, -0.25) is 29.4 Å². The number of H-pyrrole nitrogens is 1. The topological polar surface area (TPSA) is 282 Å². The Morgan fingerprint density at radius 1 is 0.786 bits per heavy atom. The molecular formula is C52H65N11O7. The molecule has 13 N–H and O–H groups in total. The second kappa shape index (κ2) is 24.7. The second-order valence-corrected chi connectivity index (χ2v) is 18.1. The summed E-state index contributed by atoms with van der Waals surface area (Å²) in [7, 11) is 0. The summed E-state index contributed by atoms with van der Waals surface area (Å²) in [6, 6.07) is 26.0. The highest BCUT2D eigenvalue weighted by Crippen LogP contribution is 2.27. The van der Waals surface area contributed by atoms with Crippen LogP contribution in [0.3, 0.4) is 0 Å². The van der Waals surface area contributed by atoms with Crippen LogP contribution in [0.4, 0.5) is 11.4 Å². The third-order valence-electron chi connectivity index (χ3n) is 12.8. The molecule has 4 aromatic carbocycles. The fourth-order valence-corrected chi connectivity index (χ4v) is 9.01. The Bertz CT molecular complexity index is 2570. The van der Waals surface area contributed by atoms with Crippen molar-refractivity contribution in [2.45, 2.75) is 82.0 Å². The molecule has 5 amide bonds. The van der Waals surface area contributed by atoms with Crippen molar-refractivity contribution in [2.24, 2.45) is 17.4 Å². The number of carbonyl (C=O) groups is 5. The van der Waals surface area contributed by atoms with Crippen molar-refractivity contribution in [3.8, 4) is 16.9 Å². The van der Waals surface area contributed by atoms with E-state index in [4.69, 9.17) is 21.6 Å². The van der Waals surface area contributed by atoms with E-state index in [0.29, 0.717) is 62.1 Å². The van der Waals surface area contributed by atoms with Gasteiger partial charge in [-0.05, 0) is 103 Å². The number of anilines is 2. The SMILES string of the molecule is N=C(N)NCCCCC(NC(=O)C(Cc1ccc(-c2ccccc2)cc1)NC(=O)C(Cc1c[nH]c2ccc(O)cc12)NC(=O)C1CCCC(N)C1)C(=O)NCC(=O)Nc1ccc(N2CCOCC2)cc1. The van der Waals surface area contributed by atoms with Crippen LogP contribution in [0.2, 0.25) is 0 Å². The summed E-state index contributed by atoms with van der Waals surface area (Å²) in [6.45, 7) is 2.80. The number of aromatic amines is 1. The molecule has 2 fully saturated rings. The number of aromatic nitrogens is 1. The van der Waals surface area contributed by atoms with Gasteiger partial charge in [0.25, 0.3) is 0 Å². The van der Waals surface area contributed by atoms with Crippen molar-refractivity contribution in [2.75, 3.05) is 49.6 Å². The van der Waals surface area contributed by atoms with E-state index in [-0.39, 0.29) is 49.5 Å². The summed E-state index contributed by atoms with van der Waals surface area (Å²) < 4.78 is 5.45. The van der Waals surface area contributed by atoms with Crippen molar-refractivity contribution >= 4 is 57.8 Å². The van der Waals surface area contributed by atoms with Gasteiger partial charge in [-0.1, -0.05) is 61.0 Å². The maximum Gasteiger partial charge on any atom is 0.243 e. The van der Waals surface area contributed by atoms with Crippen LogP contribution in [0.25, 0.3) is 22.0 Å². The second-order valence-electron chi connectivity index (χ2n) is 18.1. The average Bonchev–Trinajstić information content (AvgIpc) is 3.76. The van der Waals surface area contributed by atoms with E-state index >= 15 is 0 Å². The fraction of sp³-hybridized carbons (Fsp3) is 0.385. The smallest absolute Gasteiger partial charge is 0.243 e. The van der Waals surface area contributed by atoms with E-state index in [9.17, 15) is 29.1 Å². The Labute approximate surface area is 407 Å². The molecule has 0 radical (unpaired) electrons. The van der Waals surface area contributed by atoms with Gasteiger partial charge in [0.1, 0.15) is 23.9 Å². The molecule has 1 saturated carbocycles. The quantitative estimate of drug-likeness (QED) is 0.0288. The van der Waals surface area contributed by atoms with Crippen LogP contribution in [0.15, 0.2) is 103 Å². The lowest BCUT2D eigenvalue weighted by atomic mass is 9.85. The van der Waals surface area contributed by atoms with Gasteiger partial charge < -0.3 is 63.1 Å². The average molecular weight is 956 g/mol. The number of unbranched alkanes of at least 4 members (excludes halogenated alkanes) is 1. The number of benzene rings is 4. The van der Waals surface area contributed by atoms with Crippen LogP contribution in [0.1, 0.15) is 56.1 Å². The van der Waals surface area contributed by atoms with Crippen LogP contribution in [-0.4, -0.2) is 109 Å². The first-order chi connectivity index (χ1) is 33.9. The number of nitrogens with zero attached hydrogens (tertiary/aromatic N) is 1. The minimum absolute atomic E-state index is 0.0232. The number of carbonyl (C=O) groups excluding carboxylic acids is 5. The van der Waals surface area contributed by atoms with Gasteiger partial charge in [0.05, 0.1) is 19.8 Å². The summed E-state index contributed by atoms with van der Waals surface area (Å²) in [5.41, 5.74) is 17.4. The Kier molecular flexibility index (Phi) is 17.8. The summed E-state index contributed by atoms with van der Waals surface area (Å²) >= 11 is 0. The zero-order chi connectivity index (χ0) is 49.4. The number of hydrogen-bond acceptors (Lipinski definition) is 10. The van der Waals surface area contributed by atoms with E-state index < -0.39 is 47.7 Å². The summed E-state index contributed by atoms with van der Waals surface area (Å²) in [5, 5.41) is 35.5. The highest BCUT2D eigenvalue weighted by molar-refractivity contribution is 5.98. The first kappa shape index (κ1) is 50.4. The molecule has 1 aliphatic heterocycles. The Hall–Kier alpha value is -7.44. The Morgan fingerprint density at radius 3 is 2.20 bits per heavy atom. The molecule has 18 nitrogen and oxygen atoms in total. The monoisotopic (exact) mass is 956 g/mol. The number of nitrogens with one attached hydrogen (secondary N) is 8. The van der Waals surface area contributed by atoms with Gasteiger partial charge in [-0.2, -0.15) is 0 Å². The predicted molar refractivity (Wildman–Crippen MR) is 270 cm³/mol. The maximum atomic E-state index is 14.7. The van der Waals surface area contributed by atoms with Crippen molar-refractivity contribution in [3.63, 3.8) is 0 Å². The number of phenols is 1. The lowest BCUT2D eigenvalue weighted by Crippen LogP contribution is -2.58. The standard InChI is InChI=1S/C52H65N11O7/c53-38-10-6-9-36(28-38)48(66)61-46(29-37-31-57-43-21-20-41(64)30-42(37)43)51(69)62-45(27-33-12-14-35(15-13-33)34-7-2-1-3-8-34)50(68)60-44(11-4-5-22-56-52(54)55)49(67)58-32-47(65)59-39-16-18-40(19-17-39)63-23-25-70-26-24-63/h1-3,7-8,12-21,30-31,36,38,44-46,57,64H,4-6,9-11,22-29,32,53H2,(H,58,67)(H,59,65)(H,60,68)(H,61,66)(H,62,69)(H4,54,55,56). The minimum Gasteiger partial charge on any atom is -0.508 e. The first-order valence-corrected chi connectivity index (χ1v) is 24.1. The molecule has 18 heteroatoms. The van der Waals surface area contributed by atoms with Gasteiger partial charge in [0, 0.05) is 72.9 Å². The lowest BCUT2D eigenvalue weighted by molar-refractivity contribution is -0.134. The number of hydrogen-bond donors (Lipinski definition) is 11. The molecule has 370 valence electrons. The van der Waals surface area contributed by atoms with E-state index in [2.05, 4.69) is 41.8 Å². The summed E-state index contributed by atoms with van der Waals surface area (Å²) in [5.74, 6) is -3.25. The van der Waals surface area contributed by atoms with Crippen LogP contribution < -0.4 is 48.3 Å². The summed E-state index contributed by atoms with van der Waals surface area (Å²) in [4.78, 5) is 75.7.